The van der Waals surface area contributed by atoms with E-state index in [1.807, 2.05) is 48.5 Å². The number of hydrogen-bond acceptors (Lipinski definition) is 3. The van der Waals surface area contributed by atoms with Crippen molar-refractivity contribution < 1.29 is 0 Å². The Kier molecular flexibility index (Phi) is 2.22. The van der Waals surface area contributed by atoms with Crippen molar-refractivity contribution in [1.29, 1.82) is 0 Å². The maximum absolute atomic E-state index is 6.03. The normalized spacial score (nSPS) is 10.6. The van der Waals surface area contributed by atoms with Gasteiger partial charge in [0, 0.05) is 17.3 Å². The summed E-state index contributed by atoms with van der Waals surface area (Å²) in [7, 11) is 0. The van der Waals surface area contributed by atoms with Gasteiger partial charge >= 0.3 is 0 Å². The monoisotopic (exact) mass is 221 g/mol. The Balaban J connectivity index is 2.26. The van der Waals surface area contributed by atoms with Crippen molar-refractivity contribution in [3.8, 4) is 11.4 Å². The quantitative estimate of drug-likeness (QED) is 0.687. The third-order valence-electron chi connectivity index (χ3n) is 2.68. The lowest BCUT2D eigenvalue weighted by Gasteiger charge is -2.05. The van der Waals surface area contributed by atoms with E-state index in [1.165, 1.54) is 0 Å². The molecule has 0 unspecified atom stereocenters. The number of benzene rings is 1. The van der Waals surface area contributed by atoms with Crippen LogP contribution < -0.4 is 5.73 Å². The van der Waals surface area contributed by atoms with Gasteiger partial charge in [0.15, 0.2) is 0 Å². The molecule has 0 aliphatic heterocycles. The molecule has 1 aromatic carbocycles. The molecule has 2 N–H and O–H groups in total. The van der Waals surface area contributed by atoms with Crippen molar-refractivity contribution in [3.63, 3.8) is 0 Å². The van der Waals surface area contributed by atoms with Crippen LogP contribution in [0.4, 0.5) is 5.69 Å². The molecule has 0 radical (unpaired) electrons. The molecule has 0 fully saturated rings. The van der Waals surface area contributed by atoms with E-state index in [2.05, 4.69) is 9.97 Å². The summed E-state index contributed by atoms with van der Waals surface area (Å²) in [6.45, 7) is 0. The second-order valence-corrected chi connectivity index (χ2v) is 3.83. The van der Waals surface area contributed by atoms with Crippen LogP contribution in [0, 0.1) is 0 Å². The topological polar surface area (TPSA) is 51.8 Å². The second-order valence-electron chi connectivity index (χ2n) is 3.83. The first-order valence-corrected chi connectivity index (χ1v) is 5.41. The van der Waals surface area contributed by atoms with Crippen LogP contribution in [0.2, 0.25) is 0 Å². The fourth-order valence-electron chi connectivity index (χ4n) is 1.85. The van der Waals surface area contributed by atoms with E-state index < -0.39 is 0 Å². The van der Waals surface area contributed by atoms with Gasteiger partial charge in [0.1, 0.15) is 0 Å². The fraction of sp³-hybridized carbons (Fsp3) is 0. The molecule has 17 heavy (non-hydrogen) atoms. The molecule has 0 saturated carbocycles. The predicted molar refractivity (Wildman–Crippen MR) is 69.4 cm³/mol. The smallest absolute Gasteiger partial charge is 0.0914 e. The van der Waals surface area contributed by atoms with E-state index in [4.69, 9.17) is 5.73 Å². The van der Waals surface area contributed by atoms with E-state index in [-0.39, 0.29) is 0 Å². The number of nitrogens with zero attached hydrogens (tertiary/aromatic N) is 2. The molecule has 3 rings (SSSR count). The van der Waals surface area contributed by atoms with Crippen molar-refractivity contribution in [1.82, 2.24) is 9.97 Å². The Bertz CT molecular complexity index is 663. The van der Waals surface area contributed by atoms with Crippen molar-refractivity contribution in [2.24, 2.45) is 0 Å². The average Bonchev–Trinajstić information content (AvgIpc) is 2.40. The Morgan fingerprint density at radius 1 is 0.882 bits per heavy atom. The summed E-state index contributed by atoms with van der Waals surface area (Å²) in [4.78, 5) is 8.84. The molecular formula is C14H11N3. The van der Waals surface area contributed by atoms with Crippen LogP contribution in [0.5, 0.6) is 0 Å². The standard InChI is InChI=1S/C14H11N3/c15-11-9-14(13-7-3-4-8-16-13)17-12-6-2-1-5-10(11)12/h1-9H,(H2,15,17). The number of nitrogen functional groups attached to an aromatic ring is 1. The Hall–Kier alpha value is -2.42. The van der Waals surface area contributed by atoms with Crippen molar-refractivity contribution in [2.45, 2.75) is 0 Å². The molecule has 0 bridgehead atoms. The molecule has 0 amide bonds. The van der Waals surface area contributed by atoms with Crippen LogP contribution in [0.1, 0.15) is 0 Å². The number of fused-ring (bicyclic) bond motifs is 1. The summed E-state index contributed by atoms with van der Waals surface area (Å²) in [5.41, 5.74) is 9.30. The summed E-state index contributed by atoms with van der Waals surface area (Å²) < 4.78 is 0. The first-order valence-electron chi connectivity index (χ1n) is 5.41. The lowest BCUT2D eigenvalue weighted by Crippen LogP contribution is -1.93. The number of aromatic nitrogens is 2. The van der Waals surface area contributed by atoms with Gasteiger partial charge in [0.2, 0.25) is 0 Å². The average molecular weight is 221 g/mol. The molecule has 3 aromatic rings. The molecule has 0 spiro atoms. The summed E-state index contributed by atoms with van der Waals surface area (Å²) in [5, 5.41) is 0.979. The number of rotatable bonds is 1. The van der Waals surface area contributed by atoms with Crippen LogP contribution in [-0.2, 0) is 0 Å². The zero-order valence-electron chi connectivity index (χ0n) is 9.17. The van der Waals surface area contributed by atoms with Crippen LogP contribution in [-0.4, -0.2) is 9.97 Å². The predicted octanol–water partition coefficient (Wildman–Crippen LogP) is 2.88. The number of hydrogen-bond donors (Lipinski definition) is 1. The van der Waals surface area contributed by atoms with E-state index in [9.17, 15) is 0 Å². The van der Waals surface area contributed by atoms with E-state index in [0.717, 1.165) is 28.0 Å². The maximum atomic E-state index is 6.03. The van der Waals surface area contributed by atoms with Gasteiger partial charge in [0.25, 0.3) is 0 Å². The molecule has 82 valence electrons. The fourth-order valence-corrected chi connectivity index (χ4v) is 1.85. The van der Waals surface area contributed by atoms with Gasteiger partial charge in [-0.15, -0.1) is 0 Å². The third kappa shape index (κ3) is 1.72. The van der Waals surface area contributed by atoms with Crippen molar-refractivity contribution in [3.05, 3.63) is 54.7 Å². The molecule has 0 aliphatic carbocycles. The summed E-state index contributed by atoms with van der Waals surface area (Å²) in [6, 6.07) is 15.5. The van der Waals surface area contributed by atoms with Gasteiger partial charge in [-0.3, -0.25) is 4.98 Å². The number of para-hydroxylation sites is 1. The molecule has 2 aromatic heterocycles. The highest BCUT2D eigenvalue weighted by atomic mass is 14.8. The molecular weight excluding hydrogens is 210 g/mol. The van der Waals surface area contributed by atoms with Gasteiger partial charge in [-0.2, -0.15) is 0 Å². The maximum Gasteiger partial charge on any atom is 0.0914 e. The highest BCUT2D eigenvalue weighted by Gasteiger charge is 2.05. The molecule has 3 nitrogen and oxygen atoms in total. The minimum atomic E-state index is 0.733. The van der Waals surface area contributed by atoms with Crippen LogP contribution in [0.15, 0.2) is 54.7 Å². The van der Waals surface area contributed by atoms with Crippen LogP contribution in [0.25, 0.3) is 22.3 Å². The molecule has 0 aliphatic rings. The first-order chi connectivity index (χ1) is 8.34. The number of pyridine rings is 2. The highest BCUT2D eigenvalue weighted by molar-refractivity contribution is 5.92. The Morgan fingerprint density at radius 3 is 2.53 bits per heavy atom. The van der Waals surface area contributed by atoms with Gasteiger partial charge in [0.05, 0.1) is 16.9 Å². The largest absolute Gasteiger partial charge is 0.398 e. The summed E-state index contributed by atoms with van der Waals surface area (Å²) in [6.07, 6.45) is 1.75. The third-order valence-corrected chi connectivity index (χ3v) is 2.68. The molecule has 2 heterocycles. The summed E-state index contributed by atoms with van der Waals surface area (Å²) >= 11 is 0. The number of anilines is 1. The van der Waals surface area contributed by atoms with Crippen LogP contribution in [0.3, 0.4) is 0 Å². The first kappa shape index (κ1) is 9.78. The molecule has 3 heteroatoms. The lowest BCUT2D eigenvalue weighted by atomic mass is 10.1. The van der Waals surface area contributed by atoms with Crippen LogP contribution >= 0.6 is 0 Å². The minimum Gasteiger partial charge on any atom is -0.398 e. The van der Waals surface area contributed by atoms with E-state index >= 15 is 0 Å². The summed E-state index contributed by atoms with van der Waals surface area (Å²) in [5.74, 6) is 0. The lowest BCUT2D eigenvalue weighted by molar-refractivity contribution is 1.28. The second kappa shape index (κ2) is 3.87. The number of nitrogens with two attached hydrogens (primary N) is 1. The Morgan fingerprint density at radius 2 is 1.71 bits per heavy atom. The Labute approximate surface area is 98.9 Å². The van der Waals surface area contributed by atoms with Gasteiger partial charge in [-0.1, -0.05) is 24.3 Å². The zero-order chi connectivity index (χ0) is 11.7. The van der Waals surface area contributed by atoms with Gasteiger partial charge in [-0.05, 0) is 24.3 Å². The van der Waals surface area contributed by atoms with Crippen molar-refractivity contribution in [2.75, 3.05) is 5.73 Å². The molecule has 0 saturated heterocycles. The van der Waals surface area contributed by atoms with Gasteiger partial charge in [-0.25, -0.2) is 4.98 Å². The van der Waals surface area contributed by atoms with Gasteiger partial charge < -0.3 is 5.73 Å². The zero-order valence-corrected chi connectivity index (χ0v) is 9.17. The minimum absolute atomic E-state index is 0.733. The van der Waals surface area contributed by atoms with Crippen molar-refractivity contribution >= 4 is 16.6 Å². The van der Waals surface area contributed by atoms with E-state index in [0.29, 0.717) is 0 Å². The SMILES string of the molecule is Nc1cc(-c2ccccn2)nc2ccccc12. The van der Waals surface area contributed by atoms with E-state index in [1.54, 1.807) is 6.20 Å². The molecule has 0 atom stereocenters. The highest BCUT2D eigenvalue weighted by Crippen LogP contribution is 2.24.